The topological polar surface area (TPSA) is 65.5 Å². The standard InChI is InChI=1S/C14H17N3O2S/c1-3-17(14(19)16-13-15-7-8-20-13)10(2)11-5-4-6-12(18)9-11/h4-10,18H,3H2,1-2H3,(H,15,16,19)/t10-/m0/s1. The molecule has 0 aliphatic heterocycles. The van der Waals surface area contributed by atoms with Gasteiger partial charge in [-0.3, -0.25) is 5.32 Å². The number of hydrogen-bond donors (Lipinski definition) is 2. The molecule has 0 aliphatic carbocycles. The molecule has 1 aromatic heterocycles. The van der Waals surface area contributed by atoms with Gasteiger partial charge >= 0.3 is 6.03 Å². The second-order valence-corrected chi connectivity index (χ2v) is 5.22. The number of nitrogens with zero attached hydrogens (tertiary/aromatic N) is 2. The van der Waals surface area contributed by atoms with Gasteiger partial charge in [0, 0.05) is 18.1 Å². The van der Waals surface area contributed by atoms with Gasteiger partial charge in [-0.2, -0.15) is 0 Å². The Bertz CT molecular complexity index is 572. The number of urea groups is 1. The predicted molar refractivity (Wildman–Crippen MR) is 80.0 cm³/mol. The van der Waals surface area contributed by atoms with Crippen molar-refractivity contribution in [3.05, 3.63) is 41.4 Å². The third kappa shape index (κ3) is 3.27. The molecule has 0 radical (unpaired) electrons. The van der Waals surface area contributed by atoms with E-state index in [0.717, 1.165) is 5.56 Å². The number of carbonyl (C=O) groups excluding carboxylic acids is 1. The minimum absolute atomic E-state index is 0.132. The van der Waals surface area contributed by atoms with E-state index in [4.69, 9.17) is 0 Å². The first-order chi connectivity index (χ1) is 9.61. The molecule has 106 valence electrons. The molecule has 1 atom stereocenters. The molecule has 0 saturated heterocycles. The molecule has 1 aromatic carbocycles. The third-order valence-corrected chi connectivity index (χ3v) is 3.76. The second kappa shape index (κ2) is 6.38. The van der Waals surface area contributed by atoms with Crippen molar-refractivity contribution in [3.8, 4) is 5.75 Å². The zero-order valence-corrected chi connectivity index (χ0v) is 12.2. The number of phenolic OH excluding ortho intramolecular Hbond substituents is 1. The van der Waals surface area contributed by atoms with Crippen LogP contribution in [0.4, 0.5) is 9.93 Å². The van der Waals surface area contributed by atoms with Gasteiger partial charge in [-0.05, 0) is 31.5 Å². The lowest BCUT2D eigenvalue weighted by Gasteiger charge is -2.28. The smallest absolute Gasteiger partial charge is 0.324 e. The first-order valence-corrected chi connectivity index (χ1v) is 7.25. The largest absolute Gasteiger partial charge is 0.508 e. The molecule has 20 heavy (non-hydrogen) atoms. The van der Waals surface area contributed by atoms with Crippen molar-refractivity contribution in [2.45, 2.75) is 19.9 Å². The van der Waals surface area contributed by atoms with E-state index < -0.39 is 0 Å². The fourth-order valence-corrected chi connectivity index (χ4v) is 2.52. The highest BCUT2D eigenvalue weighted by atomic mass is 32.1. The van der Waals surface area contributed by atoms with Gasteiger partial charge in [-0.15, -0.1) is 11.3 Å². The van der Waals surface area contributed by atoms with Gasteiger partial charge in [0.1, 0.15) is 5.75 Å². The molecule has 2 aromatic rings. The predicted octanol–water partition coefficient (Wildman–Crippen LogP) is 3.46. The van der Waals surface area contributed by atoms with E-state index in [1.807, 2.05) is 25.3 Å². The number of nitrogens with one attached hydrogen (secondary N) is 1. The quantitative estimate of drug-likeness (QED) is 0.906. The highest BCUT2D eigenvalue weighted by Gasteiger charge is 2.20. The van der Waals surface area contributed by atoms with Crippen molar-refractivity contribution in [1.29, 1.82) is 0 Å². The second-order valence-electron chi connectivity index (χ2n) is 4.32. The Kier molecular flexibility index (Phi) is 4.57. The van der Waals surface area contributed by atoms with Crippen molar-refractivity contribution < 1.29 is 9.90 Å². The number of aromatic nitrogens is 1. The number of benzene rings is 1. The molecule has 0 spiro atoms. The van der Waals surface area contributed by atoms with Crippen LogP contribution < -0.4 is 5.32 Å². The van der Waals surface area contributed by atoms with Crippen molar-refractivity contribution in [3.63, 3.8) is 0 Å². The zero-order valence-electron chi connectivity index (χ0n) is 11.4. The van der Waals surface area contributed by atoms with Gasteiger partial charge in [0.25, 0.3) is 0 Å². The molecule has 0 unspecified atom stereocenters. The Morgan fingerprint density at radius 1 is 1.55 bits per heavy atom. The molecule has 0 saturated carbocycles. The van der Waals surface area contributed by atoms with E-state index in [-0.39, 0.29) is 17.8 Å². The average molecular weight is 291 g/mol. The number of carbonyl (C=O) groups is 1. The van der Waals surface area contributed by atoms with Crippen LogP contribution in [0.25, 0.3) is 0 Å². The summed E-state index contributed by atoms with van der Waals surface area (Å²) in [4.78, 5) is 18.0. The molecule has 2 N–H and O–H groups in total. The highest BCUT2D eigenvalue weighted by molar-refractivity contribution is 7.13. The van der Waals surface area contributed by atoms with Crippen LogP contribution in [0.2, 0.25) is 0 Å². The fraction of sp³-hybridized carbons (Fsp3) is 0.286. The van der Waals surface area contributed by atoms with E-state index in [1.165, 1.54) is 11.3 Å². The number of hydrogen-bond acceptors (Lipinski definition) is 4. The molecule has 6 heteroatoms. The lowest BCUT2D eigenvalue weighted by atomic mass is 10.1. The van der Waals surface area contributed by atoms with Gasteiger partial charge in [0.2, 0.25) is 0 Å². The van der Waals surface area contributed by atoms with Crippen molar-refractivity contribution >= 4 is 22.5 Å². The summed E-state index contributed by atoms with van der Waals surface area (Å²) in [5, 5.41) is 14.7. The molecule has 0 fully saturated rings. The van der Waals surface area contributed by atoms with Crippen LogP contribution in [0.5, 0.6) is 5.75 Å². The van der Waals surface area contributed by atoms with Crippen LogP contribution in [-0.2, 0) is 0 Å². The lowest BCUT2D eigenvalue weighted by molar-refractivity contribution is 0.197. The Balaban J connectivity index is 2.12. The summed E-state index contributed by atoms with van der Waals surface area (Å²) in [5.41, 5.74) is 0.890. The third-order valence-electron chi connectivity index (χ3n) is 3.07. The Morgan fingerprint density at radius 2 is 2.35 bits per heavy atom. The number of rotatable bonds is 4. The van der Waals surface area contributed by atoms with Crippen LogP contribution in [-0.4, -0.2) is 27.6 Å². The number of thiazole rings is 1. The Morgan fingerprint density at radius 3 is 2.95 bits per heavy atom. The molecular formula is C14H17N3O2S. The van der Waals surface area contributed by atoms with Crippen LogP contribution in [0.3, 0.4) is 0 Å². The molecule has 0 aliphatic rings. The Hall–Kier alpha value is -2.08. The van der Waals surface area contributed by atoms with Crippen molar-refractivity contribution in [2.75, 3.05) is 11.9 Å². The monoisotopic (exact) mass is 291 g/mol. The maximum absolute atomic E-state index is 12.3. The average Bonchev–Trinajstić information content (AvgIpc) is 2.92. The number of amides is 2. The van der Waals surface area contributed by atoms with E-state index in [2.05, 4.69) is 10.3 Å². The van der Waals surface area contributed by atoms with Crippen molar-refractivity contribution in [1.82, 2.24) is 9.88 Å². The molecule has 0 bridgehead atoms. The molecular weight excluding hydrogens is 274 g/mol. The first kappa shape index (κ1) is 14.3. The van der Waals surface area contributed by atoms with Gasteiger partial charge < -0.3 is 10.0 Å². The number of anilines is 1. The zero-order chi connectivity index (χ0) is 14.5. The van der Waals surface area contributed by atoms with Crippen LogP contribution in [0, 0.1) is 0 Å². The normalized spacial score (nSPS) is 11.9. The molecule has 2 rings (SSSR count). The summed E-state index contributed by atoms with van der Waals surface area (Å²) in [6.07, 6.45) is 1.65. The first-order valence-electron chi connectivity index (χ1n) is 6.38. The fourth-order valence-electron chi connectivity index (χ4n) is 2.01. The van der Waals surface area contributed by atoms with E-state index >= 15 is 0 Å². The summed E-state index contributed by atoms with van der Waals surface area (Å²) in [6.45, 7) is 4.41. The number of aromatic hydroxyl groups is 1. The molecule has 5 nitrogen and oxygen atoms in total. The maximum Gasteiger partial charge on any atom is 0.324 e. The van der Waals surface area contributed by atoms with E-state index in [0.29, 0.717) is 11.7 Å². The van der Waals surface area contributed by atoms with E-state index in [9.17, 15) is 9.90 Å². The van der Waals surface area contributed by atoms with Gasteiger partial charge in [-0.25, -0.2) is 9.78 Å². The molecule has 1 heterocycles. The molecule has 2 amide bonds. The number of phenols is 1. The highest BCUT2D eigenvalue weighted by Crippen LogP contribution is 2.24. The SMILES string of the molecule is CCN(C(=O)Nc1nccs1)[C@@H](C)c1cccc(O)c1. The minimum Gasteiger partial charge on any atom is -0.508 e. The van der Waals surface area contributed by atoms with Gasteiger partial charge in [-0.1, -0.05) is 12.1 Å². The van der Waals surface area contributed by atoms with Crippen LogP contribution in [0.15, 0.2) is 35.8 Å². The lowest BCUT2D eigenvalue weighted by Crippen LogP contribution is -2.36. The Labute approximate surface area is 121 Å². The summed E-state index contributed by atoms with van der Waals surface area (Å²) in [7, 11) is 0. The maximum atomic E-state index is 12.3. The van der Waals surface area contributed by atoms with Crippen molar-refractivity contribution in [2.24, 2.45) is 0 Å². The minimum atomic E-state index is -0.196. The summed E-state index contributed by atoms with van der Waals surface area (Å²) >= 11 is 1.38. The van der Waals surface area contributed by atoms with Gasteiger partial charge in [0.05, 0.1) is 6.04 Å². The summed E-state index contributed by atoms with van der Waals surface area (Å²) in [5.74, 6) is 0.200. The van der Waals surface area contributed by atoms with Gasteiger partial charge in [0.15, 0.2) is 5.13 Å². The summed E-state index contributed by atoms with van der Waals surface area (Å²) in [6, 6.07) is 6.62. The van der Waals surface area contributed by atoms with Crippen LogP contribution in [0.1, 0.15) is 25.5 Å². The van der Waals surface area contributed by atoms with Crippen LogP contribution >= 0.6 is 11.3 Å². The summed E-state index contributed by atoms with van der Waals surface area (Å²) < 4.78 is 0. The van der Waals surface area contributed by atoms with E-state index in [1.54, 1.807) is 29.3 Å².